The van der Waals surface area contributed by atoms with Gasteiger partial charge in [0.15, 0.2) is 0 Å². The SMILES string of the molecule is C[C@H]1C[C@@H]2[C@H]3CC[C@](C)(CN3Cc3ccccc3)[C@@H]2N(Cc2ccccc2)C1=O. The van der Waals surface area contributed by atoms with E-state index in [1.54, 1.807) is 0 Å². The Morgan fingerprint density at radius 1 is 0.966 bits per heavy atom. The Balaban J connectivity index is 1.45. The Hall–Kier alpha value is -2.13. The lowest BCUT2D eigenvalue weighted by Gasteiger charge is -2.64. The fourth-order valence-electron chi connectivity index (χ4n) is 6.54. The summed E-state index contributed by atoms with van der Waals surface area (Å²) in [6, 6.07) is 22.4. The van der Waals surface area contributed by atoms with E-state index in [4.69, 9.17) is 0 Å². The van der Waals surface area contributed by atoms with Crippen LogP contribution in [0.3, 0.4) is 0 Å². The highest BCUT2D eigenvalue weighted by Crippen LogP contribution is 2.54. The van der Waals surface area contributed by atoms with Gasteiger partial charge in [0.25, 0.3) is 0 Å². The van der Waals surface area contributed by atoms with Gasteiger partial charge in [0.2, 0.25) is 5.91 Å². The number of fused-ring (bicyclic) bond motifs is 2. The van der Waals surface area contributed by atoms with Crippen LogP contribution in [0, 0.1) is 17.3 Å². The topological polar surface area (TPSA) is 23.6 Å². The Labute approximate surface area is 174 Å². The Morgan fingerprint density at radius 3 is 2.24 bits per heavy atom. The molecule has 4 fully saturated rings. The van der Waals surface area contributed by atoms with Crippen LogP contribution in [0.5, 0.6) is 0 Å². The summed E-state index contributed by atoms with van der Waals surface area (Å²) in [5, 5.41) is 0. The van der Waals surface area contributed by atoms with Gasteiger partial charge < -0.3 is 4.90 Å². The molecule has 6 rings (SSSR count). The van der Waals surface area contributed by atoms with Gasteiger partial charge in [0.1, 0.15) is 0 Å². The third-order valence-electron chi connectivity index (χ3n) is 7.75. The quantitative estimate of drug-likeness (QED) is 0.756. The van der Waals surface area contributed by atoms with E-state index in [0.717, 1.165) is 26.1 Å². The van der Waals surface area contributed by atoms with Gasteiger partial charge in [-0.25, -0.2) is 0 Å². The van der Waals surface area contributed by atoms with E-state index in [0.29, 0.717) is 23.9 Å². The van der Waals surface area contributed by atoms with Crippen molar-refractivity contribution in [3.05, 3.63) is 71.8 Å². The summed E-state index contributed by atoms with van der Waals surface area (Å²) in [6.07, 6.45) is 3.54. The number of carbonyl (C=O) groups excluding carboxylic acids is 1. The largest absolute Gasteiger partial charge is 0.334 e. The van der Waals surface area contributed by atoms with Crippen LogP contribution in [0.4, 0.5) is 0 Å². The zero-order valence-electron chi connectivity index (χ0n) is 17.6. The van der Waals surface area contributed by atoms with Crippen molar-refractivity contribution >= 4 is 5.91 Å². The first kappa shape index (κ1) is 18.9. The third-order valence-corrected chi connectivity index (χ3v) is 7.75. The molecule has 2 aromatic rings. The number of benzene rings is 2. The van der Waals surface area contributed by atoms with Crippen LogP contribution < -0.4 is 0 Å². The lowest BCUT2D eigenvalue weighted by molar-refractivity contribution is -0.177. The molecule has 1 aliphatic carbocycles. The van der Waals surface area contributed by atoms with Crippen LogP contribution in [0.25, 0.3) is 0 Å². The summed E-state index contributed by atoms with van der Waals surface area (Å²) < 4.78 is 0. The lowest BCUT2D eigenvalue weighted by atomic mass is 9.56. The maximum Gasteiger partial charge on any atom is 0.225 e. The second-order valence-corrected chi connectivity index (χ2v) is 9.85. The smallest absolute Gasteiger partial charge is 0.225 e. The molecule has 3 heteroatoms. The summed E-state index contributed by atoms with van der Waals surface area (Å²) in [4.78, 5) is 18.3. The number of carbonyl (C=O) groups is 1. The highest BCUT2D eigenvalue weighted by atomic mass is 16.2. The number of nitrogens with zero attached hydrogens (tertiary/aromatic N) is 2. The van der Waals surface area contributed by atoms with Crippen LogP contribution >= 0.6 is 0 Å². The van der Waals surface area contributed by atoms with Gasteiger partial charge in [-0.05, 0) is 36.3 Å². The minimum Gasteiger partial charge on any atom is -0.334 e. The summed E-state index contributed by atoms with van der Waals surface area (Å²) in [5.41, 5.74) is 2.83. The molecular weight excluding hydrogens is 356 g/mol. The fraction of sp³-hybridized carbons (Fsp3) is 0.500. The van der Waals surface area contributed by atoms with Crippen LogP contribution in [0.1, 0.15) is 44.2 Å². The van der Waals surface area contributed by atoms with E-state index in [1.165, 1.54) is 24.0 Å². The minimum absolute atomic E-state index is 0.126. The van der Waals surface area contributed by atoms with Gasteiger partial charge in [0, 0.05) is 43.1 Å². The second-order valence-electron chi connectivity index (χ2n) is 9.85. The highest BCUT2D eigenvalue weighted by Gasteiger charge is 2.59. The number of rotatable bonds is 4. The van der Waals surface area contributed by atoms with Gasteiger partial charge in [-0.1, -0.05) is 74.5 Å². The van der Waals surface area contributed by atoms with Gasteiger partial charge in [-0.2, -0.15) is 0 Å². The first-order chi connectivity index (χ1) is 14.0. The Morgan fingerprint density at radius 2 is 1.59 bits per heavy atom. The lowest BCUT2D eigenvalue weighted by Crippen LogP contribution is -2.71. The van der Waals surface area contributed by atoms with E-state index < -0.39 is 0 Å². The summed E-state index contributed by atoms with van der Waals surface area (Å²) >= 11 is 0. The molecule has 29 heavy (non-hydrogen) atoms. The van der Waals surface area contributed by atoms with Crippen molar-refractivity contribution < 1.29 is 4.79 Å². The van der Waals surface area contributed by atoms with E-state index in [1.807, 2.05) is 0 Å². The van der Waals surface area contributed by atoms with Gasteiger partial charge in [-0.3, -0.25) is 9.69 Å². The second kappa shape index (κ2) is 7.28. The third kappa shape index (κ3) is 3.30. The van der Waals surface area contributed by atoms with Gasteiger partial charge in [-0.15, -0.1) is 0 Å². The van der Waals surface area contributed by atoms with E-state index in [-0.39, 0.29) is 11.3 Å². The van der Waals surface area contributed by atoms with Crippen molar-refractivity contribution in [2.75, 3.05) is 6.54 Å². The van der Waals surface area contributed by atoms with Crippen LogP contribution in [0.2, 0.25) is 0 Å². The van der Waals surface area contributed by atoms with Crippen LogP contribution in [0.15, 0.2) is 60.7 Å². The molecule has 0 N–H and O–H groups in total. The maximum atomic E-state index is 13.3. The zero-order chi connectivity index (χ0) is 20.0. The molecule has 152 valence electrons. The van der Waals surface area contributed by atoms with E-state index >= 15 is 0 Å². The predicted octanol–water partition coefficient (Wildman–Crippen LogP) is 4.72. The van der Waals surface area contributed by atoms with Crippen molar-refractivity contribution in [1.29, 1.82) is 0 Å². The molecule has 3 aliphatic heterocycles. The molecule has 3 nitrogen and oxygen atoms in total. The van der Waals surface area contributed by atoms with Crippen molar-refractivity contribution in [2.45, 2.75) is 58.3 Å². The van der Waals surface area contributed by atoms with E-state index in [2.05, 4.69) is 84.3 Å². The standard InChI is InChI=1S/C26H32N2O/c1-19-15-22-23-13-14-26(2,18-27(23)16-20-9-5-3-6-10-20)24(22)28(25(19)29)17-21-11-7-4-8-12-21/h3-12,19,22-24H,13-18H2,1-2H3/t19-,22+,23+,24+,26+/m0/s1. The normalized spacial score (nSPS) is 34.3. The minimum atomic E-state index is 0.126. The number of hydrogen-bond donors (Lipinski definition) is 0. The first-order valence-corrected chi connectivity index (χ1v) is 11.2. The molecule has 2 bridgehead atoms. The number of piperidine rings is 3. The maximum absolute atomic E-state index is 13.3. The Kier molecular flexibility index (Phi) is 4.74. The van der Waals surface area contributed by atoms with Gasteiger partial charge >= 0.3 is 0 Å². The van der Waals surface area contributed by atoms with Crippen molar-refractivity contribution in [1.82, 2.24) is 9.80 Å². The molecule has 1 amide bonds. The fourth-order valence-corrected chi connectivity index (χ4v) is 6.54. The summed E-state index contributed by atoms with van der Waals surface area (Å²) in [5.74, 6) is 1.07. The molecule has 0 radical (unpaired) electrons. The Bertz CT molecular complexity index is 867. The number of amides is 1. The predicted molar refractivity (Wildman–Crippen MR) is 116 cm³/mol. The number of likely N-dealkylation sites (tertiary alicyclic amines) is 1. The van der Waals surface area contributed by atoms with E-state index in [9.17, 15) is 4.79 Å². The van der Waals surface area contributed by atoms with Crippen LogP contribution in [-0.4, -0.2) is 34.3 Å². The van der Waals surface area contributed by atoms with Crippen molar-refractivity contribution in [3.63, 3.8) is 0 Å². The van der Waals surface area contributed by atoms with Crippen molar-refractivity contribution in [3.8, 4) is 0 Å². The molecule has 1 saturated carbocycles. The molecule has 0 aromatic heterocycles. The molecule has 3 saturated heterocycles. The average molecular weight is 389 g/mol. The summed E-state index contributed by atoms with van der Waals surface area (Å²) in [7, 11) is 0. The molecular formula is C26H32N2O. The monoisotopic (exact) mass is 388 g/mol. The first-order valence-electron chi connectivity index (χ1n) is 11.2. The molecule has 0 unspecified atom stereocenters. The van der Waals surface area contributed by atoms with Crippen LogP contribution in [-0.2, 0) is 17.9 Å². The average Bonchev–Trinajstić information content (AvgIpc) is 2.72. The number of hydrogen-bond acceptors (Lipinski definition) is 2. The van der Waals surface area contributed by atoms with Crippen molar-refractivity contribution in [2.24, 2.45) is 17.3 Å². The highest BCUT2D eigenvalue weighted by molar-refractivity contribution is 5.80. The summed E-state index contributed by atoms with van der Waals surface area (Å²) in [6.45, 7) is 7.47. The zero-order valence-corrected chi connectivity index (χ0v) is 17.6. The molecule has 3 heterocycles. The molecule has 5 atom stereocenters. The van der Waals surface area contributed by atoms with Gasteiger partial charge in [0.05, 0.1) is 0 Å². The molecule has 4 aliphatic rings. The molecule has 2 aromatic carbocycles. The molecule has 0 spiro atoms.